The number of carbonyl (C=O) groups excluding carboxylic acids is 1. The lowest BCUT2D eigenvalue weighted by Gasteiger charge is -2.04. The Morgan fingerprint density at radius 1 is 1.08 bits per heavy atom. The molecule has 0 spiro atoms. The molecule has 0 fully saturated rings. The van der Waals surface area contributed by atoms with Crippen LogP contribution >= 0.6 is 34.3 Å². The van der Waals surface area contributed by atoms with Crippen molar-refractivity contribution in [1.82, 2.24) is 4.98 Å². The predicted octanol–water partition coefficient (Wildman–Crippen LogP) is 4.59. The van der Waals surface area contributed by atoms with Crippen molar-refractivity contribution in [2.45, 2.75) is 0 Å². The number of halogens is 1. The van der Waals surface area contributed by atoms with Gasteiger partial charge in [0.05, 0.1) is 36.4 Å². The van der Waals surface area contributed by atoms with E-state index in [0.717, 1.165) is 28.7 Å². The Hall–Kier alpha value is -2.89. The minimum Gasteiger partial charge on any atom is -0.298 e. The zero-order valence-corrected chi connectivity index (χ0v) is 14.9. The van der Waals surface area contributed by atoms with E-state index in [1.807, 2.05) is 0 Å². The van der Waals surface area contributed by atoms with E-state index in [0.29, 0.717) is 10.6 Å². The molecule has 1 aromatic carbocycles. The van der Waals surface area contributed by atoms with Gasteiger partial charge in [-0.15, -0.1) is 22.7 Å². The molecular formula is C14H7ClN4O5S2. The molecule has 0 atom stereocenters. The molecule has 0 aliphatic carbocycles. The Bertz CT molecular complexity index is 1030. The average molecular weight is 411 g/mol. The summed E-state index contributed by atoms with van der Waals surface area (Å²) < 4.78 is 0. The average Bonchev–Trinajstić information content (AvgIpc) is 3.23. The van der Waals surface area contributed by atoms with Crippen LogP contribution in [0.4, 0.5) is 16.5 Å². The van der Waals surface area contributed by atoms with Gasteiger partial charge in [-0.3, -0.25) is 30.3 Å². The number of nitro groups is 2. The van der Waals surface area contributed by atoms with Gasteiger partial charge in [-0.05, 0) is 6.07 Å². The van der Waals surface area contributed by atoms with Gasteiger partial charge in [0.1, 0.15) is 0 Å². The van der Waals surface area contributed by atoms with Crippen molar-refractivity contribution < 1.29 is 14.6 Å². The van der Waals surface area contributed by atoms with Crippen LogP contribution in [-0.2, 0) is 0 Å². The van der Waals surface area contributed by atoms with Crippen LogP contribution in [0.3, 0.4) is 0 Å². The first-order chi connectivity index (χ1) is 12.3. The topological polar surface area (TPSA) is 128 Å². The molecule has 12 heteroatoms. The van der Waals surface area contributed by atoms with Gasteiger partial charge < -0.3 is 0 Å². The number of nitro benzene ring substituents is 1. The second kappa shape index (κ2) is 7.15. The number of thiazole rings is 1. The molecule has 0 aliphatic heterocycles. The quantitative estimate of drug-likeness (QED) is 0.483. The predicted molar refractivity (Wildman–Crippen MR) is 98.1 cm³/mol. The van der Waals surface area contributed by atoms with Crippen LogP contribution in [0.25, 0.3) is 10.6 Å². The normalized spacial score (nSPS) is 10.5. The number of carbonyl (C=O) groups is 1. The third kappa shape index (κ3) is 3.69. The van der Waals surface area contributed by atoms with Crippen molar-refractivity contribution in [3.8, 4) is 10.6 Å². The SMILES string of the molecule is O=C(Nc1nc(-c2cc([N+](=O)[O-])cs2)cs1)c1cc([N+](=O)[O-])ccc1Cl. The number of hydrogen-bond acceptors (Lipinski definition) is 8. The van der Waals surface area contributed by atoms with E-state index in [-0.39, 0.29) is 27.1 Å². The van der Waals surface area contributed by atoms with Gasteiger partial charge in [0.2, 0.25) is 0 Å². The van der Waals surface area contributed by atoms with Crippen LogP contribution in [0.2, 0.25) is 5.02 Å². The fourth-order valence-corrected chi connectivity index (χ4v) is 3.77. The van der Waals surface area contributed by atoms with Crippen molar-refractivity contribution in [3.63, 3.8) is 0 Å². The maximum Gasteiger partial charge on any atom is 0.280 e. The molecule has 0 aliphatic rings. The fraction of sp³-hybridized carbons (Fsp3) is 0. The molecule has 0 saturated carbocycles. The van der Waals surface area contributed by atoms with Gasteiger partial charge in [0, 0.05) is 23.6 Å². The van der Waals surface area contributed by atoms with E-state index in [4.69, 9.17) is 11.6 Å². The van der Waals surface area contributed by atoms with Crippen LogP contribution in [0.1, 0.15) is 10.4 Å². The van der Waals surface area contributed by atoms with E-state index < -0.39 is 15.8 Å². The van der Waals surface area contributed by atoms with E-state index in [2.05, 4.69) is 10.3 Å². The standard InChI is InChI=1S/C14H7ClN4O5S2/c15-10-2-1-7(18(21)22)3-9(10)13(20)17-14-16-11(6-26-14)12-4-8(5-25-12)19(23)24/h1-6H,(H,16,17,20). The summed E-state index contributed by atoms with van der Waals surface area (Å²) in [5.41, 5.74) is 0.134. The Labute approximate surface area is 158 Å². The van der Waals surface area contributed by atoms with E-state index in [9.17, 15) is 25.0 Å². The van der Waals surface area contributed by atoms with Crippen molar-refractivity contribution in [1.29, 1.82) is 0 Å². The highest BCUT2D eigenvalue weighted by Crippen LogP contribution is 2.33. The summed E-state index contributed by atoms with van der Waals surface area (Å²) in [7, 11) is 0. The summed E-state index contributed by atoms with van der Waals surface area (Å²) in [5.74, 6) is -0.642. The molecule has 3 rings (SSSR count). The van der Waals surface area contributed by atoms with Crippen LogP contribution in [0.15, 0.2) is 35.0 Å². The number of anilines is 1. The largest absolute Gasteiger partial charge is 0.298 e. The summed E-state index contributed by atoms with van der Waals surface area (Å²) in [6.45, 7) is 0. The molecular weight excluding hydrogens is 404 g/mol. The van der Waals surface area contributed by atoms with Gasteiger partial charge in [0.25, 0.3) is 17.3 Å². The monoisotopic (exact) mass is 410 g/mol. The summed E-state index contributed by atoms with van der Waals surface area (Å²) in [4.78, 5) is 37.5. The smallest absolute Gasteiger partial charge is 0.280 e. The maximum atomic E-state index is 12.3. The van der Waals surface area contributed by atoms with Gasteiger partial charge in [0.15, 0.2) is 5.13 Å². The van der Waals surface area contributed by atoms with Gasteiger partial charge in [-0.2, -0.15) is 0 Å². The maximum absolute atomic E-state index is 12.3. The van der Waals surface area contributed by atoms with Gasteiger partial charge in [-0.25, -0.2) is 4.98 Å². The third-order valence-corrected chi connectivity index (χ3v) is 5.21. The Kier molecular flexibility index (Phi) is 4.93. The summed E-state index contributed by atoms with van der Waals surface area (Å²) >= 11 is 8.21. The highest BCUT2D eigenvalue weighted by molar-refractivity contribution is 7.16. The molecule has 132 valence electrons. The first kappa shape index (κ1) is 17.9. The molecule has 9 nitrogen and oxygen atoms in total. The molecule has 0 bridgehead atoms. The lowest BCUT2D eigenvalue weighted by Crippen LogP contribution is -2.12. The number of rotatable bonds is 5. The number of nitrogens with one attached hydrogen (secondary N) is 1. The summed E-state index contributed by atoms with van der Waals surface area (Å²) in [6, 6.07) is 4.94. The van der Waals surface area contributed by atoms with Crippen LogP contribution in [0, 0.1) is 20.2 Å². The molecule has 1 N–H and O–H groups in total. The second-order valence-corrected chi connectivity index (χ2v) is 7.02. The molecule has 1 amide bonds. The van der Waals surface area contributed by atoms with Gasteiger partial charge in [-0.1, -0.05) is 11.6 Å². The minimum absolute atomic E-state index is 0.0352. The lowest BCUT2D eigenvalue weighted by molar-refractivity contribution is -0.384. The van der Waals surface area contributed by atoms with Crippen molar-refractivity contribution >= 4 is 56.7 Å². The van der Waals surface area contributed by atoms with E-state index >= 15 is 0 Å². The van der Waals surface area contributed by atoms with Crippen molar-refractivity contribution in [3.05, 3.63) is 65.8 Å². The number of hydrogen-bond donors (Lipinski definition) is 1. The summed E-state index contributed by atoms with van der Waals surface area (Å²) in [6.07, 6.45) is 0. The zero-order chi connectivity index (χ0) is 18.8. The van der Waals surface area contributed by atoms with E-state index in [1.165, 1.54) is 23.6 Å². The molecule has 3 aromatic rings. The van der Waals surface area contributed by atoms with Gasteiger partial charge >= 0.3 is 0 Å². The molecule has 0 radical (unpaired) electrons. The number of aromatic nitrogens is 1. The Morgan fingerprint density at radius 2 is 1.81 bits per heavy atom. The number of non-ortho nitro benzene ring substituents is 1. The number of amides is 1. The molecule has 2 heterocycles. The second-order valence-electron chi connectivity index (χ2n) is 4.84. The lowest BCUT2D eigenvalue weighted by atomic mass is 10.2. The fourth-order valence-electron chi connectivity index (χ4n) is 1.97. The van der Waals surface area contributed by atoms with Crippen LogP contribution in [0.5, 0.6) is 0 Å². The number of thiophene rings is 1. The minimum atomic E-state index is -0.642. The Balaban J connectivity index is 1.80. The van der Waals surface area contributed by atoms with Crippen LogP contribution < -0.4 is 5.32 Å². The van der Waals surface area contributed by atoms with E-state index in [1.54, 1.807) is 5.38 Å². The first-order valence-corrected chi connectivity index (χ1v) is 8.93. The number of nitrogens with zero attached hydrogens (tertiary/aromatic N) is 3. The van der Waals surface area contributed by atoms with Crippen LogP contribution in [-0.4, -0.2) is 20.7 Å². The molecule has 0 saturated heterocycles. The number of benzene rings is 1. The highest BCUT2D eigenvalue weighted by atomic mass is 35.5. The zero-order valence-electron chi connectivity index (χ0n) is 12.5. The Morgan fingerprint density at radius 3 is 2.46 bits per heavy atom. The first-order valence-electron chi connectivity index (χ1n) is 6.79. The molecule has 2 aromatic heterocycles. The molecule has 0 unspecified atom stereocenters. The molecule has 26 heavy (non-hydrogen) atoms. The summed E-state index contributed by atoms with van der Waals surface area (Å²) in [5, 5.41) is 27.4. The highest BCUT2D eigenvalue weighted by Gasteiger charge is 2.18. The van der Waals surface area contributed by atoms with Crippen molar-refractivity contribution in [2.75, 3.05) is 5.32 Å². The van der Waals surface area contributed by atoms with Crippen molar-refractivity contribution in [2.24, 2.45) is 0 Å². The third-order valence-electron chi connectivity index (χ3n) is 3.18.